The van der Waals surface area contributed by atoms with Crippen molar-refractivity contribution in [3.05, 3.63) is 33.3 Å². The summed E-state index contributed by atoms with van der Waals surface area (Å²) >= 11 is 9.14. The zero-order chi connectivity index (χ0) is 11.4. The predicted octanol–water partition coefficient (Wildman–Crippen LogP) is 2.15. The van der Waals surface area contributed by atoms with Gasteiger partial charge < -0.3 is 10.5 Å². The van der Waals surface area contributed by atoms with E-state index in [-0.39, 0.29) is 0 Å². The molecular weight excluding hydrogens is 281 g/mol. The average molecular weight is 293 g/mol. The van der Waals surface area contributed by atoms with Crippen LogP contribution in [0.2, 0.25) is 5.02 Å². The molecule has 15 heavy (non-hydrogen) atoms. The van der Waals surface area contributed by atoms with Gasteiger partial charge in [-0.2, -0.15) is 0 Å². The van der Waals surface area contributed by atoms with Crippen LogP contribution in [0.1, 0.15) is 5.56 Å². The van der Waals surface area contributed by atoms with E-state index in [4.69, 9.17) is 17.3 Å². The molecule has 0 unspecified atom stereocenters. The minimum atomic E-state index is -0.636. The third kappa shape index (κ3) is 3.48. The van der Waals surface area contributed by atoms with Crippen LogP contribution in [0.5, 0.6) is 0 Å². The molecule has 0 fully saturated rings. The molecule has 0 spiro atoms. The molecule has 0 radical (unpaired) electrons. The molecule has 1 aromatic rings. The molecule has 0 amide bonds. The quantitative estimate of drug-likeness (QED) is 0.869. The van der Waals surface area contributed by atoms with Crippen LogP contribution in [0.15, 0.2) is 22.7 Å². The standard InChI is InChI=1S/C10H11BrClNO2/c1-15-10(14)9(13)5-6-2-3-8(12)7(11)4-6/h2-4,9H,5,13H2,1H3/t9-/m0/s1. The van der Waals surface area contributed by atoms with Gasteiger partial charge in [-0.05, 0) is 40.0 Å². The van der Waals surface area contributed by atoms with E-state index < -0.39 is 12.0 Å². The number of methoxy groups -OCH3 is 1. The Labute approximate surface area is 102 Å². The number of benzene rings is 1. The summed E-state index contributed by atoms with van der Waals surface area (Å²) in [7, 11) is 1.32. The second kappa shape index (κ2) is 5.49. The van der Waals surface area contributed by atoms with Gasteiger partial charge in [0.25, 0.3) is 0 Å². The van der Waals surface area contributed by atoms with Crippen LogP contribution in [-0.2, 0) is 16.0 Å². The summed E-state index contributed by atoms with van der Waals surface area (Å²) < 4.78 is 5.33. The molecule has 1 rings (SSSR count). The van der Waals surface area contributed by atoms with Gasteiger partial charge in [0, 0.05) is 4.47 Å². The number of hydrogen-bond donors (Lipinski definition) is 1. The van der Waals surface area contributed by atoms with Crippen LogP contribution in [0.25, 0.3) is 0 Å². The highest BCUT2D eigenvalue weighted by atomic mass is 79.9. The number of carbonyl (C=O) groups is 1. The van der Waals surface area contributed by atoms with Gasteiger partial charge >= 0.3 is 5.97 Å². The van der Waals surface area contributed by atoms with Crippen LogP contribution in [-0.4, -0.2) is 19.1 Å². The summed E-state index contributed by atoms with van der Waals surface area (Å²) in [4.78, 5) is 11.1. The number of halogens is 2. The molecule has 0 heterocycles. The highest BCUT2D eigenvalue weighted by Gasteiger charge is 2.14. The maximum absolute atomic E-state index is 11.1. The number of carbonyl (C=O) groups excluding carboxylic acids is 1. The first-order valence-electron chi connectivity index (χ1n) is 4.32. The maximum Gasteiger partial charge on any atom is 0.322 e. The summed E-state index contributed by atoms with van der Waals surface area (Å²) in [6.45, 7) is 0. The highest BCUT2D eigenvalue weighted by molar-refractivity contribution is 9.10. The van der Waals surface area contributed by atoms with Crippen LogP contribution in [0, 0.1) is 0 Å². The van der Waals surface area contributed by atoms with Crippen molar-refractivity contribution in [2.75, 3.05) is 7.11 Å². The molecule has 1 atom stereocenters. The van der Waals surface area contributed by atoms with Crippen LogP contribution in [0.3, 0.4) is 0 Å². The Morgan fingerprint density at radius 3 is 2.87 bits per heavy atom. The molecule has 3 nitrogen and oxygen atoms in total. The second-order valence-electron chi connectivity index (χ2n) is 3.08. The Bertz CT molecular complexity index is 370. The van der Waals surface area contributed by atoms with Gasteiger partial charge in [-0.1, -0.05) is 17.7 Å². The maximum atomic E-state index is 11.1. The fourth-order valence-electron chi connectivity index (χ4n) is 1.16. The molecular formula is C10H11BrClNO2. The van der Waals surface area contributed by atoms with Gasteiger partial charge in [0.05, 0.1) is 12.1 Å². The topological polar surface area (TPSA) is 52.3 Å². The van der Waals surface area contributed by atoms with Gasteiger partial charge in [-0.15, -0.1) is 0 Å². The molecule has 82 valence electrons. The molecule has 1 aromatic carbocycles. The second-order valence-corrected chi connectivity index (χ2v) is 4.34. The molecule has 0 saturated carbocycles. The molecule has 0 bridgehead atoms. The van der Waals surface area contributed by atoms with E-state index in [0.717, 1.165) is 10.0 Å². The SMILES string of the molecule is COC(=O)[C@@H](N)Cc1ccc(Cl)c(Br)c1. The lowest BCUT2D eigenvalue weighted by Gasteiger charge is -2.09. The lowest BCUT2D eigenvalue weighted by atomic mass is 10.1. The van der Waals surface area contributed by atoms with E-state index in [0.29, 0.717) is 11.4 Å². The third-order valence-corrected chi connectivity index (χ3v) is 3.16. The van der Waals surface area contributed by atoms with Crippen LogP contribution < -0.4 is 5.73 Å². The first-order valence-corrected chi connectivity index (χ1v) is 5.49. The molecule has 0 saturated heterocycles. The van der Waals surface area contributed by atoms with Crippen molar-refractivity contribution in [3.8, 4) is 0 Å². The normalized spacial score (nSPS) is 12.3. The first-order chi connectivity index (χ1) is 7.04. The molecule has 5 heteroatoms. The van der Waals surface area contributed by atoms with E-state index in [2.05, 4.69) is 20.7 Å². The first kappa shape index (κ1) is 12.5. The van der Waals surface area contributed by atoms with E-state index in [9.17, 15) is 4.79 Å². The molecule has 0 aromatic heterocycles. The van der Waals surface area contributed by atoms with Gasteiger partial charge in [-0.3, -0.25) is 4.79 Å². The number of nitrogens with two attached hydrogens (primary N) is 1. The molecule has 0 aliphatic rings. The lowest BCUT2D eigenvalue weighted by molar-refractivity contribution is -0.142. The van der Waals surface area contributed by atoms with E-state index in [1.54, 1.807) is 6.07 Å². The number of esters is 1. The fraction of sp³-hybridized carbons (Fsp3) is 0.300. The van der Waals surface area contributed by atoms with Crippen molar-refractivity contribution in [1.29, 1.82) is 0 Å². The van der Waals surface area contributed by atoms with E-state index in [1.807, 2.05) is 12.1 Å². The Hall–Kier alpha value is -0.580. The number of rotatable bonds is 3. The summed E-state index contributed by atoms with van der Waals surface area (Å²) in [5, 5.41) is 0.630. The van der Waals surface area contributed by atoms with Crippen molar-refractivity contribution < 1.29 is 9.53 Å². The van der Waals surface area contributed by atoms with E-state index >= 15 is 0 Å². The number of ether oxygens (including phenoxy) is 1. The Morgan fingerprint density at radius 1 is 1.67 bits per heavy atom. The average Bonchev–Trinajstić information content (AvgIpc) is 2.22. The largest absolute Gasteiger partial charge is 0.468 e. The lowest BCUT2D eigenvalue weighted by Crippen LogP contribution is -2.33. The smallest absolute Gasteiger partial charge is 0.322 e. The summed E-state index contributed by atoms with van der Waals surface area (Å²) in [5.41, 5.74) is 6.56. The van der Waals surface area contributed by atoms with E-state index in [1.165, 1.54) is 7.11 Å². The van der Waals surface area contributed by atoms with Crippen LogP contribution >= 0.6 is 27.5 Å². The van der Waals surface area contributed by atoms with Gasteiger partial charge in [-0.25, -0.2) is 0 Å². The van der Waals surface area contributed by atoms with Gasteiger partial charge in [0.2, 0.25) is 0 Å². The van der Waals surface area contributed by atoms with Crippen molar-refractivity contribution >= 4 is 33.5 Å². The molecule has 2 N–H and O–H groups in total. The summed E-state index contributed by atoms with van der Waals surface area (Å²) in [6, 6.07) is 4.79. The Balaban J connectivity index is 2.73. The van der Waals surface area contributed by atoms with Crippen molar-refractivity contribution in [2.45, 2.75) is 12.5 Å². The molecule has 0 aliphatic carbocycles. The van der Waals surface area contributed by atoms with Crippen molar-refractivity contribution in [2.24, 2.45) is 5.73 Å². The summed E-state index contributed by atoms with van der Waals surface area (Å²) in [5.74, 6) is -0.416. The van der Waals surface area contributed by atoms with Gasteiger partial charge in [0.1, 0.15) is 6.04 Å². The monoisotopic (exact) mass is 291 g/mol. The predicted molar refractivity (Wildman–Crippen MR) is 62.8 cm³/mol. The van der Waals surface area contributed by atoms with Gasteiger partial charge in [0.15, 0.2) is 0 Å². The molecule has 0 aliphatic heterocycles. The minimum absolute atomic E-state index is 0.416. The van der Waals surface area contributed by atoms with Crippen molar-refractivity contribution in [3.63, 3.8) is 0 Å². The minimum Gasteiger partial charge on any atom is -0.468 e. The summed E-state index contributed by atoms with van der Waals surface area (Å²) in [6.07, 6.45) is 0.433. The van der Waals surface area contributed by atoms with Crippen LogP contribution in [0.4, 0.5) is 0 Å². The zero-order valence-electron chi connectivity index (χ0n) is 8.17. The van der Waals surface area contributed by atoms with Crippen molar-refractivity contribution in [1.82, 2.24) is 0 Å². The highest BCUT2D eigenvalue weighted by Crippen LogP contribution is 2.23. The fourth-order valence-corrected chi connectivity index (χ4v) is 1.70. The number of hydrogen-bond acceptors (Lipinski definition) is 3. The third-order valence-electron chi connectivity index (χ3n) is 1.94. The Kier molecular flexibility index (Phi) is 4.57. The Morgan fingerprint density at radius 2 is 2.33 bits per heavy atom. The zero-order valence-corrected chi connectivity index (χ0v) is 10.5.